The topological polar surface area (TPSA) is 3.24 Å². The first kappa shape index (κ1) is 26.3. The number of benzene rings is 8. The van der Waals surface area contributed by atoms with Crippen molar-refractivity contribution in [2.24, 2.45) is 0 Å². The minimum absolute atomic E-state index is 0.800. The number of nitrogens with zero attached hydrogens (tertiary/aromatic N) is 1. The lowest BCUT2D eigenvalue weighted by Crippen LogP contribution is -2.09. The minimum Gasteiger partial charge on any atom is -0.310 e. The highest BCUT2D eigenvalue weighted by atomic mass is 35.5. The van der Waals surface area contributed by atoms with Crippen LogP contribution in [0.4, 0.5) is 17.1 Å². The second-order valence-electron chi connectivity index (χ2n) is 11.5. The smallest absolute Gasteiger partial charge is 0.0499 e. The molecule has 45 heavy (non-hydrogen) atoms. The average Bonchev–Trinajstić information content (AvgIpc) is 3.48. The molecule has 0 saturated carbocycles. The number of halogens is 1. The standard InChI is InChI=1S/C42H26ClNS/c43-39-15-8-16-40-42(39)37-24-22-31(26-41(37)45-40)44(29-19-17-28(18-20-29)27-9-2-1-3-10-27)30-21-23-36-34-13-5-4-11-32(34)33-12-6-7-14-35(33)38(36)25-30/h1-26H. The number of rotatable bonds is 4. The molecule has 0 saturated heterocycles. The van der Waals surface area contributed by atoms with Gasteiger partial charge in [0.15, 0.2) is 0 Å². The summed E-state index contributed by atoms with van der Waals surface area (Å²) in [7, 11) is 0. The lowest BCUT2D eigenvalue weighted by Gasteiger charge is -2.26. The molecule has 0 unspecified atom stereocenters. The molecule has 1 heterocycles. The molecule has 0 aliphatic rings. The van der Waals surface area contributed by atoms with Crippen LogP contribution in [-0.4, -0.2) is 0 Å². The normalized spacial score (nSPS) is 11.7. The Morgan fingerprint density at radius 3 is 1.60 bits per heavy atom. The lowest BCUT2D eigenvalue weighted by molar-refractivity contribution is 1.30. The van der Waals surface area contributed by atoms with E-state index in [4.69, 9.17) is 11.6 Å². The quantitative estimate of drug-likeness (QED) is 0.179. The summed E-state index contributed by atoms with van der Waals surface area (Å²) in [5.41, 5.74) is 5.75. The first-order valence-corrected chi connectivity index (χ1v) is 16.3. The molecule has 0 amide bonds. The van der Waals surface area contributed by atoms with E-state index in [9.17, 15) is 0 Å². The third-order valence-electron chi connectivity index (χ3n) is 8.91. The van der Waals surface area contributed by atoms with Crippen molar-refractivity contribution in [3.63, 3.8) is 0 Å². The maximum Gasteiger partial charge on any atom is 0.0499 e. The summed E-state index contributed by atoms with van der Waals surface area (Å²) in [6.07, 6.45) is 0. The van der Waals surface area contributed by atoms with E-state index in [0.717, 1.165) is 27.5 Å². The second-order valence-corrected chi connectivity index (χ2v) is 13.0. The van der Waals surface area contributed by atoms with Gasteiger partial charge in [0, 0.05) is 42.3 Å². The summed E-state index contributed by atoms with van der Waals surface area (Å²) >= 11 is 8.47. The van der Waals surface area contributed by atoms with E-state index in [-0.39, 0.29) is 0 Å². The lowest BCUT2D eigenvalue weighted by atomic mass is 9.94. The van der Waals surface area contributed by atoms with Crippen LogP contribution in [0.2, 0.25) is 5.02 Å². The number of hydrogen-bond donors (Lipinski definition) is 0. The van der Waals surface area contributed by atoms with Gasteiger partial charge in [0.25, 0.3) is 0 Å². The molecule has 8 aromatic carbocycles. The molecule has 1 aromatic heterocycles. The van der Waals surface area contributed by atoms with Crippen molar-refractivity contribution in [1.82, 2.24) is 0 Å². The van der Waals surface area contributed by atoms with E-state index in [0.29, 0.717) is 0 Å². The van der Waals surface area contributed by atoms with Crippen LogP contribution >= 0.6 is 22.9 Å². The van der Waals surface area contributed by atoms with E-state index in [2.05, 4.69) is 150 Å². The van der Waals surface area contributed by atoms with Gasteiger partial charge in [-0.15, -0.1) is 11.3 Å². The number of fused-ring (bicyclic) bond motifs is 9. The van der Waals surface area contributed by atoms with Gasteiger partial charge in [-0.1, -0.05) is 121 Å². The van der Waals surface area contributed by atoms with Crippen LogP contribution in [0.15, 0.2) is 158 Å². The van der Waals surface area contributed by atoms with E-state index in [1.807, 2.05) is 12.1 Å². The number of hydrogen-bond acceptors (Lipinski definition) is 2. The molecular weight excluding hydrogens is 586 g/mol. The zero-order valence-corrected chi connectivity index (χ0v) is 25.8. The molecule has 3 heteroatoms. The molecule has 0 atom stereocenters. The second kappa shape index (κ2) is 10.5. The Morgan fingerprint density at radius 1 is 0.378 bits per heavy atom. The monoisotopic (exact) mass is 611 g/mol. The van der Waals surface area contributed by atoms with Gasteiger partial charge in [0.2, 0.25) is 0 Å². The summed E-state index contributed by atoms with van der Waals surface area (Å²) in [4.78, 5) is 2.38. The van der Waals surface area contributed by atoms with Crippen molar-refractivity contribution in [1.29, 1.82) is 0 Å². The van der Waals surface area contributed by atoms with E-state index in [1.165, 1.54) is 58.2 Å². The zero-order chi connectivity index (χ0) is 29.9. The summed E-state index contributed by atoms with van der Waals surface area (Å²) in [6.45, 7) is 0. The van der Waals surface area contributed by atoms with E-state index in [1.54, 1.807) is 11.3 Å². The maximum atomic E-state index is 6.68. The van der Waals surface area contributed by atoms with Crippen molar-refractivity contribution in [3.8, 4) is 11.1 Å². The van der Waals surface area contributed by atoms with Gasteiger partial charge >= 0.3 is 0 Å². The van der Waals surface area contributed by atoms with E-state index < -0.39 is 0 Å². The van der Waals surface area contributed by atoms with Crippen molar-refractivity contribution < 1.29 is 0 Å². The third-order valence-corrected chi connectivity index (χ3v) is 10.3. The van der Waals surface area contributed by atoms with Crippen molar-refractivity contribution in [3.05, 3.63) is 163 Å². The fourth-order valence-electron chi connectivity index (χ4n) is 6.83. The Bertz CT molecular complexity index is 2510. The Balaban J connectivity index is 1.28. The highest BCUT2D eigenvalue weighted by Crippen LogP contribution is 2.44. The maximum absolute atomic E-state index is 6.68. The highest BCUT2D eigenvalue weighted by Gasteiger charge is 2.18. The zero-order valence-electron chi connectivity index (χ0n) is 24.2. The first-order valence-electron chi connectivity index (χ1n) is 15.1. The Hall–Kier alpha value is -5.15. The largest absolute Gasteiger partial charge is 0.310 e. The van der Waals surface area contributed by atoms with Crippen molar-refractivity contribution in [2.45, 2.75) is 0 Å². The number of anilines is 3. The average molecular weight is 612 g/mol. The van der Waals surface area contributed by atoms with Crippen LogP contribution in [-0.2, 0) is 0 Å². The van der Waals surface area contributed by atoms with Crippen LogP contribution in [0.1, 0.15) is 0 Å². The van der Waals surface area contributed by atoms with Gasteiger partial charge in [-0.2, -0.15) is 0 Å². The van der Waals surface area contributed by atoms with Crippen molar-refractivity contribution in [2.75, 3.05) is 4.90 Å². The molecule has 212 valence electrons. The fraction of sp³-hybridized carbons (Fsp3) is 0. The Labute approximate surface area is 270 Å². The fourth-order valence-corrected chi connectivity index (χ4v) is 8.32. The third kappa shape index (κ3) is 4.29. The molecule has 0 N–H and O–H groups in total. The minimum atomic E-state index is 0.800. The van der Waals surface area contributed by atoms with Gasteiger partial charge in [-0.25, -0.2) is 0 Å². The SMILES string of the molecule is Clc1cccc2sc3cc(N(c4ccc(-c5ccccc5)cc4)c4ccc5c6ccccc6c6ccccc6c5c4)ccc3c12. The van der Waals surface area contributed by atoms with E-state index >= 15 is 0 Å². The molecule has 9 rings (SSSR count). The summed E-state index contributed by atoms with van der Waals surface area (Å²) in [5.74, 6) is 0. The molecule has 1 nitrogen and oxygen atoms in total. The van der Waals surface area contributed by atoms with Crippen molar-refractivity contribution >= 4 is 92.5 Å². The first-order chi connectivity index (χ1) is 22.2. The van der Waals surface area contributed by atoms with Crippen LogP contribution in [0.3, 0.4) is 0 Å². The van der Waals surface area contributed by atoms with Gasteiger partial charge in [-0.05, 0) is 92.0 Å². The van der Waals surface area contributed by atoms with Gasteiger partial charge in [0.05, 0.1) is 0 Å². The summed E-state index contributed by atoms with van der Waals surface area (Å²) in [5, 5.41) is 10.8. The molecule has 9 aromatic rings. The van der Waals surface area contributed by atoms with Crippen LogP contribution in [0.25, 0.3) is 63.6 Å². The van der Waals surface area contributed by atoms with Gasteiger partial charge < -0.3 is 4.90 Å². The predicted molar refractivity (Wildman–Crippen MR) is 197 cm³/mol. The Kier molecular flexibility index (Phi) is 6.12. The molecule has 0 aliphatic heterocycles. The van der Waals surface area contributed by atoms with Crippen LogP contribution in [0, 0.1) is 0 Å². The molecule has 0 bridgehead atoms. The Morgan fingerprint density at radius 2 is 0.911 bits per heavy atom. The molecule has 0 spiro atoms. The molecular formula is C42H26ClNS. The molecule has 0 aliphatic carbocycles. The van der Waals surface area contributed by atoms with Crippen LogP contribution in [0.5, 0.6) is 0 Å². The predicted octanol–water partition coefficient (Wildman–Crippen LogP) is 13.3. The highest BCUT2D eigenvalue weighted by molar-refractivity contribution is 7.26. The summed E-state index contributed by atoms with van der Waals surface area (Å²) in [6, 6.07) is 56.8. The summed E-state index contributed by atoms with van der Waals surface area (Å²) < 4.78 is 2.43. The number of thiophene rings is 1. The van der Waals surface area contributed by atoms with Gasteiger partial charge in [0.1, 0.15) is 0 Å². The molecule has 0 fully saturated rings. The molecule has 0 radical (unpaired) electrons. The van der Waals surface area contributed by atoms with Crippen LogP contribution < -0.4 is 4.90 Å². The van der Waals surface area contributed by atoms with Gasteiger partial charge in [-0.3, -0.25) is 0 Å².